The number of hydrogen-bond acceptors (Lipinski definition) is 2. The largest absolute Gasteiger partial charge is 0.481 e. The van der Waals surface area contributed by atoms with Crippen LogP contribution < -0.4 is 0 Å². The van der Waals surface area contributed by atoms with Crippen molar-refractivity contribution < 1.29 is 23.1 Å². The molecule has 0 saturated carbocycles. The highest BCUT2D eigenvalue weighted by Crippen LogP contribution is 2.30. The van der Waals surface area contributed by atoms with Crippen LogP contribution in [0.1, 0.15) is 24.0 Å². The molecule has 0 bridgehead atoms. The maximum absolute atomic E-state index is 12.6. The fourth-order valence-electron chi connectivity index (χ4n) is 2.44. The molecular weight excluding hydrogens is 271 g/mol. The van der Waals surface area contributed by atoms with Gasteiger partial charge in [-0.25, -0.2) is 0 Å². The van der Waals surface area contributed by atoms with Gasteiger partial charge in [0.2, 0.25) is 0 Å². The second kappa shape index (κ2) is 5.83. The molecule has 3 nitrogen and oxygen atoms in total. The van der Waals surface area contributed by atoms with Crippen LogP contribution in [0.25, 0.3) is 0 Å². The van der Waals surface area contributed by atoms with Crippen molar-refractivity contribution in [2.24, 2.45) is 5.92 Å². The van der Waals surface area contributed by atoms with Crippen LogP contribution in [0, 0.1) is 5.92 Å². The Bertz CT molecular complexity index is 480. The van der Waals surface area contributed by atoms with Crippen molar-refractivity contribution in [2.75, 3.05) is 13.1 Å². The van der Waals surface area contributed by atoms with Crippen LogP contribution in [-0.4, -0.2) is 29.1 Å². The average molecular weight is 287 g/mol. The fourth-order valence-corrected chi connectivity index (χ4v) is 2.44. The molecule has 1 aliphatic heterocycles. The van der Waals surface area contributed by atoms with Crippen LogP contribution in [0.5, 0.6) is 0 Å². The lowest BCUT2D eigenvalue weighted by molar-refractivity contribution is -0.143. The van der Waals surface area contributed by atoms with Crippen LogP contribution in [0.4, 0.5) is 13.2 Å². The highest BCUT2D eigenvalue weighted by Gasteiger charge is 2.30. The number of alkyl halides is 3. The van der Waals surface area contributed by atoms with E-state index in [-0.39, 0.29) is 5.92 Å². The molecule has 1 heterocycles. The highest BCUT2D eigenvalue weighted by molar-refractivity contribution is 5.70. The monoisotopic (exact) mass is 287 g/mol. The minimum atomic E-state index is -4.33. The van der Waals surface area contributed by atoms with Gasteiger partial charge in [0.15, 0.2) is 0 Å². The number of nitrogens with zero attached hydrogens (tertiary/aromatic N) is 1. The van der Waals surface area contributed by atoms with E-state index >= 15 is 0 Å². The van der Waals surface area contributed by atoms with Gasteiger partial charge in [-0.2, -0.15) is 13.2 Å². The third-order valence-electron chi connectivity index (χ3n) is 3.60. The summed E-state index contributed by atoms with van der Waals surface area (Å²) in [6.07, 6.45) is -3.23. The highest BCUT2D eigenvalue weighted by atomic mass is 19.4. The summed E-state index contributed by atoms with van der Waals surface area (Å²) in [5, 5.41) is 8.90. The molecule has 0 spiro atoms. The number of aliphatic carboxylic acids is 1. The lowest BCUT2D eigenvalue weighted by Gasteiger charge is -2.30. The van der Waals surface area contributed by atoms with E-state index in [4.69, 9.17) is 5.11 Å². The predicted molar refractivity (Wildman–Crippen MR) is 67.1 cm³/mol. The third-order valence-corrected chi connectivity index (χ3v) is 3.60. The Labute approximate surface area is 115 Å². The molecule has 1 saturated heterocycles. The van der Waals surface area contributed by atoms with Crippen LogP contribution in [0.2, 0.25) is 0 Å². The van der Waals surface area contributed by atoms with E-state index in [1.165, 1.54) is 6.07 Å². The molecule has 1 N–H and O–H groups in total. The summed E-state index contributed by atoms with van der Waals surface area (Å²) < 4.78 is 37.8. The van der Waals surface area contributed by atoms with Crippen LogP contribution in [0.15, 0.2) is 24.3 Å². The van der Waals surface area contributed by atoms with Gasteiger partial charge in [0.05, 0.1) is 11.5 Å². The van der Waals surface area contributed by atoms with Gasteiger partial charge >= 0.3 is 12.1 Å². The van der Waals surface area contributed by atoms with Gasteiger partial charge in [-0.3, -0.25) is 9.69 Å². The van der Waals surface area contributed by atoms with Crippen LogP contribution in [-0.2, 0) is 17.5 Å². The normalized spacial score (nSPS) is 18.1. The van der Waals surface area contributed by atoms with E-state index in [9.17, 15) is 18.0 Å². The number of hydrogen-bond donors (Lipinski definition) is 1. The van der Waals surface area contributed by atoms with Gasteiger partial charge in [0.1, 0.15) is 0 Å². The van der Waals surface area contributed by atoms with Gasteiger partial charge in [-0.05, 0) is 37.6 Å². The molecule has 0 amide bonds. The van der Waals surface area contributed by atoms with E-state index in [1.54, 1.807) is 6.07 Å². The average Bonchev–Trinajstić information content (AvgIpc) is 2.38. The maximum atomic E-state index is 12.6. The zero-order valence-electron chi connectivity index (χ0n) is 10.9. The minimum absolute atomic E-state index is 0.326. The first-order valence-electron chi connectivity index (χ1n) is 6.47. The molecule has 2 rings (SSSR count). The van der Waals surface area contributed by atoms with E-state index in [1.807, 2.05) is 4.90 Å². The molecule has 0 aliphatic carbocycles. The van der Waals surface area contributed by atoms with E-state index in [0.29, 0.717) is 38.0 Å². The van der Waals surface area contributed by atoms with Crippen molar-refractivity contribution in [3.63, 3.8) is 0 Å². The lowest BCUT2D eigenvalue weighted by atomic mass is 9.96. The van der Waals surface area contributed by atoms with Crippen molar-refractivity contribution in [3.05, 3.63) is 35.4 Å². The standard InChI is InChI=1S/C14H16F3NO2/c15-14(16,17)12-3-1-2-10(8-12)9-18-6-4-11(5-7-18)13(19)20/h1-3,8,11H,4-7,9H2,(H,19,20). The van der Waals surface area contributed by atoms with Crippen LogP contribution in [0.3, 0.4) is 0 Å². The van der Waals surface area contributed by atoms with E-state index < -0.39 is 17.7 Å². The van der Waals surface area contributed by atoms with E-state index in [2.05, 4.69) is 0 Å². The first-order valence-corrected chi connectivity index (χ1v) is 6.47. The van der Waals surface area contributed by atoms with Gasteiger partial charge in [0, 0.05) is 6.54 Å². The fraction of sp³-hybridized carbons (Fsp3) is 0.500. The van der Waals surface area contributed by atoms with Gasteiger partial charge < -0.3 is 5.11 Å². The molecule has 1 fully saturated rings. The zero-order valence-corrected chi connectivity index (χ0v) is 10.9. The molecule has 0 unspecified atom stereocenters. The summed E-state index contributed by atoms with van der Waals surface area (Å²) in [5.74, 6) is -1.11. The lowest BCUT2D eigenvalue weighted by Crippen LogP contribution is -2.35. The number of carbonyl (C=O) groups is 1. The van der Waals surface area contributed by atoms with Crippen molar-refractivity contribution >= 4 is 5.97 Å². The van der Waals surface area contributed by atoms with E-state index in [0.717, 1.165) is 12.1 Å². The topological polar surface area (TPSA) is 40.5 Å². The van der Waals surface area contributed by atoms with Crippen molar-refractivity contribution in [1.82, 2.24) is 4.90 Å². The maximum Gasteiger partial charge on any atom is 0.416 e. The summed E-state index contributed by atoms with van der Waals surface area (Å²) in [7, 11) is 0. The molecule has 0 radical (unpaired) electrons. The second-order valence-corrected chi connectivity index (χ2v) is 5.09. The minimum Gasteiger partial charge on any atom is -0.481 e. The van der Waals surface area contributed by atoms with Crippen molar-refractivity contribution in [2.45, 2.75) is 25.6 Å². The Kier molecular flexibility index (Phi) is 4.32. The Morgan fingerprint density at radius 1 is 1.30 bits per heavy atom. The Balaban J connectivity index is 1.96. The van der Waals surface area contributed by atoms with Crippen molar-refractivity contribution in [1.29, 1.82) is 0 Å². The molecule has 110 valence electrons. The Morgan fingerprint density at radius 2 is 1.95 bits per heavy atom. The summed E-state index contributed by atoms with van der Waals surface area (Å²) in [5.41, 5.74) is -0.0379. The molecule has 0 atom stereocenters. The van der Waals surface area contributed by atoms with Gasteiger partial charge in [-0.15, -0.1) is 0 Å². The Hall–Kier alpha value is -1.56. The molecule has 1 aromatic carbocycles. The summed E-state index contributed by atoms with van der Waals surface area (Å²) in [4.78, 5) is 12.8. The first-order chi connectivity index (χ1) is 9.36. The zero-order chi connectivity index (χ0) is 14.8. The number of carboxylic acid groups (broad SMARTS) is 1. The molecule has 6 heteroatoms. The molecule has 1 aliphatic rings. The smallest absolute Gasteiger partial charge is 0.416 e. The number of benzene rings is 1. The predicted octanol–water partition coefficient (Wildman–Crippen LogP) is 3.00. The van der Waals surface area contributed by atoms with Gasteiger partial charge in [0.25, 0.3) is 0 Å². The van der Waals surface area contributed by atoms with Gasteiger partial charge in [-0.1, -0.05) is 18.2 Å². The summed E-state index contributed by atoms with van der Waals surface area (Å²) in [6, 6.07) is 5.28. The first kappa shape index (κ1) is 14.8. The second-order valence-electron chi connectivity index (χ2n) is 5.09. The number of rotatable bonds is 3. The Morgan fingerprint density at radius 3 is 2.50 bits per heavy atom. The number of piperidine rings is 1. The summed E-state index contributed by atoms with van der Waals surface area (Å²) in [6.45, 7) is 1.64. The number of likely N-dealkylation sites (tertiary alicyclic amines) is 1. The number of halogens is 3. The van der Waals surface area contributed by atoms with Crippen LogP contribution >= 0.6 is 0 Å². The molecule has 20 heavy (non-hydrogen) atoms. The molecule has 0 aromatic heterocycles. The third kappa shape index (κ3) is 3.72. The SMILES string of the molecule is O=C(O)C1CCN(Cc2cccc(C(F)(F)F)c2)CC1. The quantitative estimate of drug-likeness (QED) is 0.929. The molecule has 1 aromatic rings. The van der Waals surface area contributed by atoms with Crippen molar-refractivity contribution in [3.8, 4) is 0 Å². The molecular formula is C14H16F3NO2. The summed E-state index contributed by atoms with van der Waals surface area (Å²) >= 11 is 0. The number of carboxylic acids is 1.